The number of hydrogen-bond acceptors (Lipinski definition) is 6. The normalized spacial score (nSPS) is 14.8. The van der Waals surface area contributed by atoms with Crippen LogP contribution >= 0.6 is 0 Å². The fourth-order valence-electron chi connectivity index (χ4n) is 3.46. The average molecular weight is 433 g/mol. The predicted octanol–water partition coefficient (Wildman–Crippen LogP) is 3.29. The van der Waals surface area contributed by atoms with Crippen molar-refractivity contribution >= 4 is 35.0 Å². The van der Waals surface area contributed by atoms with Crippen molar-refractivity contribution in [3.05, 3.63) is 70.0 Å². The van der Waals surface area contributed by atoms with E-state index in [0.717, 1.165) is 11.3 Å². The van der Waals surface area contributed by atoms with Crippen molar-refractivity contribution in [2.75, 3.05) is 22.6 Å². The number of hydrogen-bond donors (Lipinski definition) is 4. The lowest BCUT2D eigenvalue weighted by molar-refractivity contribution is -0.123. The van der Waals surface area contributed by atoms with Crippen LogP contribution in [-0.2, 0) is 9.59 Å². The van der Waals surface area contributed by atoms with Crippen molar-refractivity contribution in [1.82, 2.24) is 9.97 Å². The number of carbonyl (C=O) groups is 2. The highest BCUT2D eigenvalue weighted by molar-refractivity contribution is 6.04. The Bertz CT molecular complexity index is 1200. The number of carbonyl (C=O) groups excluding carboxylic acids is 2. The summed E-state index contributed by atoms with van der Waals surface area (Å²) in [7, 11) is 0. The summed E-state index contributed by atoms with van der Waals surface area (Å²) in [4.78, 5) is 45.0. The number of fused-ring (bicyclic) bond motifs is 1. The van der Waals surface area contributed by atoms with Gasteiger partial charge in [0.15, 0.2) is 0 Å². The van der Waals surface area contributed by atoms with Gasteiger partial charge in [0.05, 0.1) is 18.1 Å². The van der Waals surface area contributed by atoms with Crippen LogP contribution in [-0.4, -0.2) is 28.4 Å². The van der Waals surface area contributed by atoms with Crippen LogP contribution in [0.1, 0.15) is 30.4 Å². The van der Waals surface area contributed by atoms with Crippen molar-refractivity contribution in [2.45, 2.75) is 26.2 Å². The second kappa shape index (κ2) is 8.93. The molecule has 0 unspecified atom stereocenters. The third-order valence-corrected chi connectivity index (χ3v) is 5.01. The summed E-state index contributed by atoms with van der Waals surface area (Å²) in [5, 5.41) is 8.36. The van der Waals surface area contributed by atoms with Crippen LogP contribution in [0.4, 0.5) is 23.1 Å². The molecule has 9 heteroatoms. The molecule has 164 valence electrons. The van der Waals surface area contributed by atoms with Crippen LogP contribution in [0.2, 0.25) is 0 Å². The smallest absolute Gasteiger partial charge is 0.258 e. The summed E-state index contributed by atoms with van der Waals surface area (Å²) in [5.74, 6) is -0.880. The Kier molecular flexibility index (Phi) is 5.89. The fraction of sp³-hybridized carbons (Fsp3) is 0.217. The van der Waals surface area contributed by atoms with E-state index < -0.39 is 17.4 Å². The first kappa shape index (κ1) is 21.1. The average Bonchev–Trinajstić information content (AvgIpc) is 2.76. The summed E-state index contributed by atoms with van der Waals surface area (Å²) in [5.41, 5.74) is 1.99. The van der Waals surface area contributed by atoms with Crippen LogP contribution in [0.25, 0.3) is 0 Å². The van der Waals surface area contributed by atoms with Crippen molar-refractivity contribution in [2.24, 2.45) is 0 Å². The van der Waals surface area contributed by atoms with Crippen LogP contribution in [0.5, 0.6) is 5.75 Å². The van der Waals surface area contributed by atoms with Crippen molar-refractivity contribution in [3.63, 3.8) is 0 Å². The Labute approximate surface area is 184 Å². The molecule has 32 heavy (non-hydrogen) atoms. The summed E-state index contributed by atoms with van der Waals surface area (Å²) in [6, 6.07) is 14.4. The largest absolute Gasteiger partial charge is 0.494 e. The molecule has 0 saturated heterocycles. The molecule has 1 aliphatic rings. The molecule has 3 aromatic rings. The highest BCUT2D eigenvalue weighted by atomic mass is 16.5. The molecule has 2 aromatic carbocycles. The van der Waals surface area contributed by atoms with Gasteiger partial charge in [-0.15, -0.1) is 0 Å². The Hall–Kier alpha value is -4.14. The maximum Gasteiger partial charge on any atom is 0.258 e. The van der Waals surface area contributed by atoms with Gasteiger partial charge in [0.25, 0.3) is 5.56 Å². The number of benzene rings is 2. The summed E-state index contributed by atoms with van der Waals surface area (Å²) < 4.78 is 5.39. The molecule has 0 radical (unpaired) electrons. The molecule has 1 aromatic heterocycles. The van der Waals surface area contributed by atoms with Crippen LogP contribution in [0, 0.1) is 6.92 Å². The summed E-state index contributed by atoms with van der Waals surface area (Å²) in [6.07, 6.45) is -0.147. The summed E-state index contributed by atoms with van der Waals surface area (Å²) >= 11 is 0. The lowest BCUT2D eigenvalue weighted by Crippen LogP contribution is -2.36. The number of amides is 2. The molecule has 0 aliphatic carbocycles. The van der Waals surface area contributed by atoms with Crippen molar-refractivity contribution in [1.29, 1.82) is 0 Å². The molecule has 0 fully saturated rings. The quantitative estimate of drug-likeness (QED) is 0.473. The number of aryl methyl sites for hydroxylation is 1. The van der Waals surface area contributed by atoms with E-state index in [1.165, 1.54) is 0 Å². The van der Waals surface area contributed by atoms with E-state index in [-0.39, 0.29) is 29.7 Å². The van der Waals surface area contributed by atoms with Gasteiger partial charge in [-0.2, -0.15) is 4.98 Å². The minimum Gasteiger partial charge on any atom is -0.494 e. The van der Waals surface area contributed by atoms with Crippen LogP contribution < -0.4 is 26.2 Å². The third-order valence-electron chi connectivity index (χ3n) is 5.01. The Balaban J connectivity index is 1.57. The maximum atomic E-state index is 12.9. The van der Waals surface area contributed by atoms with E-state index in [0.29, 0.717) is 18.0 Å². The van der Waals surface area contributed by atoms with E-state index in [1.54, 1.807) is 24.3 Å². The molecule has 9 nitrogen and oxygen atoms in total. The van der Waals surface area contributed by atoms with E-state index in [1.807, 2.05) is 38.1 Å². The van der Waals surface area contributed by atoms with Crippen molar-refractivity contribution in [3.8, 4) is 5.75 Å². The maximum absolute atomic E-state index is 12.9. The second-order valence-corrected chi connectivity index (χ2v) is 7.42. The zero-order valence-corrected chi connectivity index (χ0v) is 17.7. The minimum absolute atomic E-state index is 0.0754. The summed E-state index contributed by atoms with van der Waals surface area (Å²) in [6.45, 7) is 4.39. The molecular weight excluding hydrogens is 410 g/mol. The zero-order valence-electron chi connectivity index (χ0n) is 17.7. The molecule has 0 spiro atoms. The van der Waals surface area contributed by atoms with Gasteiger partial charge < -0.3 is 20.7 Å². The first-order valence-electron chi connectivity index (χ1n) is 10.2. The minimum atomic E-state index is -0.963. The monoisotopic (exact) mass is 433 g/mol. The Morgan fingerprint density at radius 2 is 1.78 bits per heavy atom. The van der Waals surface area contributed by atoms with Gasteiger partial charge in [-0.1, -0.05) is 17.7 Å². The molecule has 0 saturated carbocycles. The lowest BCUT2D eigenvalue weighted by atomic mass is 9.92. The number of aromatic amines is 1. The molecule has 0 bridgehead atoms. The van der Waals surface area contributed by atoms with Gasteiger partial charge in [0.1, 0.15) is 11.6 Å². The highest BCUT2D eigenvalue weighted by Crippen LogP contribution is 2.30. The van der Waals surface area contributed by atoms with E-state index >= 15 is 0 Å². The number of rotatable bonds is 6. The van der Waals surface area contributed by atoms with Crippen LogP contribution in [0.3, 0.4) is 0 Å². The third kappa shape index (κ3) is 4.61. The first-order chi connectivity index (χ1) is 15.4. The zero-order chi connectivity index (χ0) is 22.7. The number of anilines is 4. The lowest BCUT2D eigenvalue weighted by Gasteiger charge is -2.23. The molecular formula is C23H23N5O4. The molecule has 2 heterocycles. The van der Waals surface area contributed by atoms with Gasteiger partial charge in [0.2, 0.25) is 17.8 Å². The van der Waals surface area contributed by atoms with Gasteiger partial charge in [0, 0.05) is 17.8 Å². The molecule has 1 aliphatic heterocycles. The predicted molar refractivity (Wildman–Crippen MR) is 122 cm³/mol. The van der Waals surface area contributed by atoms with Crippen molar-refractivity contribution < 1.29 is 14.3 Å². The molecule has 4 rings (SSSR count). The first-order valence-corrected chi connectivity index (χ1v) is 10.2. The topological polar surface area (TPSA) is 125 Å². The number of nitrogens with zero attached hydrogens (tertiary/aromatic N) is 1. The fourth-order valence-corrected chi connectivity index (χ4v) is 3.46. The van der Waals surface area contributed by atoms with E-state index in [9.17, 15) is 14.4 Å². The van der Waals surface area contributed by atoms with Gasteiger partial charge >= 0.3 is 0 Å². The standard InChI is InChI=1S/C23H23N5O4/c1-3-32-16-10-8-14(9-11-16)24-21(30)17-12-18(29)26-20-19(17)22(31)28-23(27-20)25-15-6-4-13(2)5-7-15/h4-11,17H,3,12H2,1-2H3,(H,24,30)(H3,25,26,27,28,29,31)/t17-/m1/s1. The van der Waals surface area contributed by atoms with E-state index in [4.69, 9.17) is 4.74 Å². The number of H-pyrrole nitrogens is 1. The number of nitrogens with one attached hydrogen (secondary N) is 4. The molecule has 1 atom stereocenters. The van der Waals surface area contributed by atoms with Gasteiger partial charge in [-0.05, 0) is 50.2 Å². The Morgan fingerprint density at radius 1 is 1.09 bits per heavy atom. The number of aromatic nitrogens is 2. The second-order valence-electron chi connectivity index (χ2n) is 7.42. The van der Waals surface area contributed by atoms with Gasteiger partial charge in [-0.3, -0.25) is 19.4 Å². The Morgan fingerprint density at radius 3 is 2.47 bits per heavy atom. The SMILES string of the molecule is CCOc1ccc(NC(=O)[C@@H]2CC(=O)Nc3nc(Nc4ccc(C)cc4)[nH]c(=O)c32)cc1. The molecule has 4 N–H and O–H groups in total. The highest BCUT2D eigenvalue weighted by Gasteiger charge is 2.34. The van der Waals surface area contributed by atoms with E-state index in [2.05, 4.69) is 25.9 Å². The number of ether oxygens (including phenoxy) is 1. The van der Waals surface area contributed by atoms with Gasteiger partial charge in [-0.25, -0.2) is 0 Å². The van der Waals surface area contributed by atoms with Crippen LogP contribution in [0.15, 0.2) is 53.3 Å². The molecule has 2 amide bonds.